The highest BCUT2D eigenvalue weighted by molar-refractivity contribution is 7.99. The number of carbonyl (C=O) groups excluding carboxylic acids is 1. The van der Waals surface area contributed by atoms with Crippen LogP contribution < -0.4 is 5.32 Å². The maximum absolute atomic E-state index is 12.9. The molecule has 1 aliphatic heterocycles. The Morgan fingerprint density at radius 1 is 1.07 bits per heavy atom. The number of fused-ring (bicyclic) bond motifs is 1. The maximum atomic E-state index is 12.9. The number of aryl methyl sites for hydroxylation is 3. The number of carbonyl (C=O) groups is 1. The van der Waals surface area contributed by atoms with Gasteiger partial charge in [0.15, 0.2) is 0 Å². The average Bonchev–Trinajstić information content (AvgIpc) is 2.70. The molecule has 1 N–H and O–H groups in total. The third-order valence-corrected chi connectivity index (χ3v) is 6.40. The van der Waals surface area contributed by atoms with E-state index >= 15 is 0 Å². The van der Waals surface area contributed by atoms with Crippen LogP contribution in [0.5, 0.6) is 0 Å². The summed E-state index contributed by atoms with van der Waals surface area (Å²) in [5, 5.41) is 4.06. The SMILES string of the molecule is Cc1ccc2cc(C(=O)Nc3ccc(CN4CCSCC4)cc3C)c(C)nc2c1. The Bertz CT molecular complexity index is 1060. The van der Waals surface area contributed by atoms with E-state index in [1.807, 2.05) is 55.9 Å². The largest absolute Gasteiger partial charge is 0.322 e. The van der Waals surface area contributed by atoms with Crippen LogP contribution in [0, 0.1) is 20.8 Å². The van der Waals surface area contributed by atoms with Gasteiger partial charge in [-0.25, -0.2) is 0 Å². The first-order chi connectivity index (χ1) is 14.0. The number of hydrogen-bond donors (Lipinski definition) is 1. The molecule has 1 aliphatic rings. The highest BCUT2D eigenvalue weighted by Crippen LogP contribution is 2.22. The van der Waals surface area contributed by atoms with Crippen LogP contribution in [0.15, 0.2) is 42.5 Å². The molecule has 0 unspecified atom stereocenters. The van der Waals surface area contributed by atoms with Crippen molar-refractivity contribution in [2.45, 2.75) is 27.3 Å². The van der Waals surface area contributed by atoms with Crippen molar-refractivity contribution in [3.8, 4) is 0 Å². The highest BCUT2D eigenvalue weighted by atomic mass is 32.2. The number of amides is 1. The van der Waals surface area contributed by atoms with Gasteiger partial charge in [0.05, 0.1) is 16.8 Å². The molecule has 1 fully saturated rings. The van der Waals surface area contributed by atoms with Crippen LogP contribution in [0.3, 0.4) is 0 Å². The van der Waals surface area contributed by atoms with Gasteiger partial charge in [-0.1, -0.05) is 24.3 Å². The van der Waals surface area contributed by atoms with E-state index in [2.05, 4.69) is 34.3 Å². The predicted octanol–water partition coefficient (Wildman–Crippen LogP) is 4.96. The fourth-order valence-electron chi connectivity index (χ4n) is 3.77. The Morgan fingerprint density at radius 2 is 1.86 bits per heavy atom. The summed E-state index contributed by atoms with van der Waals surface area (Å²) in [4.78, 5) is 20.1. The van der Waals surface area contributed by atoms with Crippen molar-refractivity contribution in [3.63, 3.8) is 0 Å². The van der Waals surface area contributed by atoms with Gasteiger partial charge in [-0.15, -0.1) is 0 Å². The molecule has 0 aliphatic carbocycles. The van der Waals surface area contributed by atoms with E-state index in [0.717, 1.165) is 47.5 Å². The van der Waals surface area contributed by atoms with Gasteiger partial charge >= 0.3 is 0 Å². The van der Waals surface area contributed by atoms with Gasteiger partial charge in [0.25, 0.3) is 5.91 Å². The number of aromatic nitrogens is 1. The standard InChI is InChI=1S/C24H27N3OS/c1-16-4-6-20-14-21(18(3)25-23(20)12-16)24(28)26-22-7-5-19(13-17(22)2)15-27-8-10-29-11-9-27/h4-7,12-14H,8-11,15H2,1-3H3,(H,26,28). The van der Waals surface area contributed by atoms with E-state index in [-0.39, 0.29) is 5.91 Å². The normalized spacial score (nSPS) is 14.9. The minimum absolute atomic E-state index is 0.110. The molecule has 29 heavy (non-hydrogen) atoms. The van der Waals surface area contributed by atoms with Gasteiger partial charge in [-0.3, -0.25) is 14.7 Å². The lowest BCUT2D eigenvalue weighted by molar-refractivity contribution is 0.102. The molecule has 1 saturated heterocycles. The minimum atomic E-state index is -0.110. The summed E-state index contributed by atoms with van der Waals surface area (Å²) in [6.45, 7) is 9.27. The molecule has 150 valence electrons. The predicted molar refractivity (Wildman–Crippen MR) is 123 cm³/mol. The fourth-order valence-corrected chi connectivity index (χ4v) is 4.75. The van der Waals surface area contributed by atoms with Crippen molar-refractivity contribution in [3.05, 3.63) is 70.4 Å². The van der Waals surface area contributed by atoms with E-state index < -0.39 is 0 Å². The lowest BCUT2D eigenvalue weighted by Crippen LogP contribution is -2.31. The molecule has 5 heteroatoms. The minimum Gasteiger partial charge on any atom is -0.322 e. The molecule has 0 atom stereocenters. The summed E-state index contributed by atoms with van der Waals surface area (Å²) >= 11 is 2.03. The van der Waals surface area contributed by atoms with Gasteiger partial charge < -0.3 is 5.32 Å². The Morgan fingerprint density at radius 3 is 2.62 bits per heavy atom. The molecule has 0 bridgehead atoms. The van der Waals surface area contributed by atoms with E-state index in [1.165, 1.54) is 22.6 Å². The summed E-state index contributed by atoms with van der Waals surface area (Å²) < 4.78 is 0. The summed E-state index contributed by atoms with van der Waals surface area (Å²) in [6, 6.07) is 14.4. The summed E-state index contributed by atoms with van der Waals surface area (Å²) in [5.74, 6) is 2.32. The van der Waals surface area contributed by atoms with Crippen LogP contribution in [0.25, 0.3) is 10.9 Å². The van der Waals surface area contributed by atoms with E-state index in [9.17, 15) is 4.79 Å². The Kier molecular flexibility index (Phi) is 5.88. The molecule has 2 aromatic carbocycles. The van der Waals surface area contributed by atoms with Crippen LogP contribution in [-0.2, 0) is 6.54 Å². The Hall–Kier alpha value is -2.37. The molecule has 1 amide bonds. The molecule has 0 spiro atoms. The molecular weight excluding hydrogens is 378 g/mol. The first-order valence-electron chi connectivity index (χ1n) is 10.1. The molecule has 4 nitrogen and oxygen atoms in total. The number of rotatable bonds is 4. The molecule has 0 saturated carbocycles. The number of thioether (sulfide) groups is 1. The monoisotopic (exact) mass is 405 g/mol. The Labute approximate surface area is 176 Å². The third-order valence-electron chi connectivity index (χ3n) is 5.46. The topological polar surface area (TPSA) is 45.2 Å². The van der Waals surface area contributed by atoms with Crippen molar-refractivity contribution in [1.29, 1.82) is 0 Å². The third kappa shape index (κ3) is 4.62. The van der Waals surface area contributed by atoms with Crippen molar-refractivity contribution < 1.29 is 4.79 Å². The fraction of sp³-hybridized carbons (Fsp3) is 0.333. The van der Waals surface area contributed by atoms with Crippen LogP contribution in [-0.4, -0.2) is 40.4 Å². The molecule has 4 rings (SSSR count). The molecular formula is C24H27N3OS. The van der Waals surface area contributed by atoms with E-state index in [0.29, 0.717) is 5.56 Å². The first-order valence-corrected chi connectivity index (χ1v) is 11.2. The van der Waals surface area contributed by atoms with Crippen LogP contribution in [0.4, 0.5) is 5.69 Å². The summed E-state index contributed by atoms with van der Waals surface area (Å²) in [6.07, 6.45) is 0. The van der Waals surface area contributed by atoms with E-state index in [4.69, 9.17) is 0 Å². The van der Waals surface area contributed by atoms with Gasteiger partial charge in [0.1, 0.15) is 0 Å². The van der Waals surface area contributed by atoms with Gasteiger partial charge in [0, 0.05) is 42.2 Å². The first kappa shape index (κ1) is 19.9. The Balaban J connectivity index is 1.51. The quantitative estimate of drug-likeness (QED) is 0.666. The molecule has 2 heterocycles. The summed E-state index contributed by atoms with van der Waals surface area (Å²) in [5.41, 5.74) is 6.71. The smallest absolute Gasteiger partial charge is 0.257 e. The van der Waals surface area contributed by atoms with Crippen LogP contribution in [0.1, 0.15) is 32.7 Å². The average molecular weight is 406 g/mol. The highest BCUT2D eigenvalue weighted by Gasteiger charge is 2.15. The molecule has 3 aromatic rings. The second-order valence-electron chi connectivity index (χ2n) is 7.81. The number of nitrogens with zero attached hydrogens (tertiary/aromatic N) is 2. The summed E-state index contributed by atoms with van der Waals surface area (Å²) in [7, 11) is 0. The van der Waals surface area contributed by atoms with E-state index in [1.54, 1.807) is 0 Å². The van der Waals surface area contributed by atoms with Gasteiger partial charge in [-0.2, -0.15) is 11.8 Å². The van der Waals surface area contributed by atoms with Crippen LogP contribution >= 0.6 is 11.8 Å². The van der Waals surface area contributed by atoms with Crippen molar-refractivity contribution in [2.24, 2.45) is 0 Å². The zero-order valence-corrected chi connectivity index (χ0v) is 18.1. The number of anilines is 1. The van der Waals surface area contributed by atoms with Crippen molar-refractivity contribution in [1.82, 2.24) is 9.88 Å². The zero-order valence-electron chi connectivity index (χ0n) is 17.3. The number of benzene rings is 2. The number of hydrogen-bond acceptors (Lipinski definition) is 4. The zero-order chi connectivity index (χ0) is 20.4. The number of pyridine rings is 1. The molecule has 0 radical (unpaired) electrons. The maximum Gasteiger partial charge on any atom is 0.257 e. The second-order valence-corrected chi connectivity index (χ2v) is 9.03. The second kappa shape index (κ2) is 8.56. The van der Waals surface area contributed by atoms with Crippen molar-refractivity contribution >= 4 is 34.3 Å². The lowest BCUT2D eigenvalue weighted by Gasteiger charge is -2.26. The van der Waals surface area contributed by atoms with Crippen LogP contribution in [0.2, 0.25) is 0 Å². The molecule has 1 aromatic heterocycles. The number of nitrogens with one attached hydrogen (secondary N) is 1. The van der Waals surface area contributed by atoms with Gasteiger partial charge in [-0.05, 0) is 55.7 Å². The van der Waals surface area contributed by atoms with Crippen molar-refractivity contribution in [2.75, 3.05) is 29.9 Å². The van der Waals surface area contributed by atoms with Gasteiger partial charge in [0.2, 0.25) is 0 Å². The lowest BCUT2D eigenvalue weighted by atomic mass is 10.1.